The van der Waals surface area contributed by atoms with Crippen molar-refractivity contribution in [3.8, 4) is 28.6 Å². The summed E-state index contributed by atoms with van der Waals surface area (Å²) in [5, 5.41) is 20.7. The Bertz CT molecular complexity index is 1410. The van der Waals surface area contributed by atoms with Gasteiger partial charge in [0.25, 0.3) is 5.91 Å². The van der Waals surface area contributed by atoms with E-state index in [1.54, 1.807) is 35.0 Å². The number of carbonyl (C=O) groups excluding carboxylic acids is 1. The number of phenols is 1. The zero-order valence-electron chi connectivity index (χ0n) is 21.6. The first kappa shape index (κ1) is 25.5. The Labute approximate surface area is 221 Å². The monoisotopic (exact) mass is 516 g/mol. The largest absolute Gasteiger partial charge is 0.508 e. The Kier molecular flexibility index (Phi) is 7.71. The average Bonchev–Trinajstić information content (AvgIpc) is 3.35. The minimum atomic E-state index is -0.0934. The number of nitrogens with zero attached hydrogens (tertiary/aromatic N) is 4. The van der Waals surface area contributed by atoms with E-state index in [0.717, 1.165) is 61.9 Å². The number of aryl methyl sites for hydroxylation is 1. The molecule has 3 N–H and O–H groups in total. The smallest absolute Gasteiger partial charge is 0.251 e. The summed E-state index contributed by atoms with van der Waals surface area (Å²) in [5.41, 5.74) is 4.63. The van der Waals surface area contributed by atoms with Crippen LogP contribution in [0.1, 0.15) is 22.8 Å². The third-order valence-electron chi connectivity index (χ3n) is 6.46. The quantitative estimate of drug-likeness (QED) is 0.309. The van der Waals surface area contributed by atoms with Crippen LogP contribution in [0.2, 0.25) is 0 Å². The molecule has 1 amide bonds. The fraction of sp³-hybridized carbons (Fsp3) is 0.321. The maximum absolute atomic E-state index is 12.4. The number of anilines is 1. The van der Waals surface area contributed by atoms with Gasteiger partial charge in [-0.05, 0) is 55.8 Å². The molecule has 1 aliphatic rings. The number of nitrogens with one attached hydrogen (secondary N) is 2. The van der Waals surface area contributed by atoms with Gasteiger partial charge in [-0.1, -0.05) is 6.07 Å². The molecule has 1 fully saturated rings. The molecule has 38 heavy (non-hydrogen) atoms. The van der Waals surface area contributed by atoms with Crippen LogP contribution in [0.5, 0.6) is 17.4 Å². The highest BCUT2D eigenvalue weighted by molar-refractivity contribution is 5.96. The zero-order valence-corrected chi connectivity index (χ0v) is 21.6. The number of amides is 1. The van der Waals surface area contributed by atoms with E-state index in [-0.39, 0.29) is 11.7 Å². The van der Waals surface area contributed by atoms with Crippen LogP contribution in [0.25, 0.3) is 16.9 Å². The van der Waals surface area contributed by atoms with E-state index in [4.69, 9.17) is 14.6 Å². The molecule has 0 unspecified atom stereocenters. The maximum atomic E-state index is 12.4. The molecule has 0 aliphatic carbocycles. The number of phenolic OH excluding ortho intramolecular Hbond substituents is 1. The first-order valence-electron chi connectivity index (χ1n) is 12.8. The standard InChI is InChI=1S/C28H32N6O4/c1-3-29-28(36)23-9-4-20(16-19(23)2)25-18-31-27-24(30-10-11-33-12-14-37-15-13-33)17-26(32-34(25)27)38-22-7-5-21(35)6-8-22/h4-9,16-18,30,35H,3,10-15H2,1-2H3,(H,29,36). The van der Waals surface area contributed by atoms with Crippen LogP contribution in [0, 0.1) is 6.92 Å². The predicted molar refractivity (Wildman–Crippen MR) is 145 cm³/mol. The first-order chi connectivity index (χ1) is 18.5. The van der Waals surface area contributed by atoms with Crippen LogP contribution < -0.4 is 15.4 Å². The lowest BCUT2D eigenvalue weighted by atomic mass is 10.0. The van der Waals surface area contributed by atoms with Crippen molar-refractivity contribution in [1.82, 2.24) is 24.8 Å². The number of morpholine rings is 1. The van der Waals surface area contributed by atoms with Crippen LogP contribution in [0.4, 0.5) is 5.69 Å². The van der Waals surface area contributed by atoms with Gasteiger partial charge in [0, 0.05) is 49.9 Å². The summed E-state index contributed by atoms with van der Waals surface area (Å²) in [6.45, 7) is 9.34. The SMILES string of the molecule is CCNC(=O)c1ccc(-c2cnc3c(NCCN4CCOCC4)cc(Oc4ccc(O)cc4)nn23)cc1C. The van der Waals surface area contributed by atoms with Gasteiger partial charge < -0.3 is 25.2 Å². The van der Waals surface area contributed by atoms with Crippen molar-refractivity contribution in [3.05, 3.63) is 65.9 Å². The molecule has 0 bridgehead atoms. The van der Waals surface area contributed by atoms with Crippen LogP contribution >= 0.6 is 0 Å². The highest BCUT2D eigenvalue weighted by Crippen LogP contribution is 2.30. The molecule has 0 atom stereocenters. The van der Waals surface area contributed by atoms with E-state index in [1.807, 2.05) is 38.1 Å². The molecule has 1 saturated heterocycles. The molecule has 10 nitrogen and oxygen atoms in total. The van der Waals surface area contributed by atoms with Gasteiger partial charge in [0.05, 0.1) is 30.8 Å². The van der Waals surface area contributed by atoms with Crippen molar-refractivity contribution < 1.29 is 19.4 Å². The Hall–Kier alpha value is -4.15. The lowest BCUT2D eigenvalue weighted by molar-refractivity contribution is 0.0398. The number of imidazole rings is 1. The molecule has 4 aromatic rings. The van der Waals surface area contributed by atoms with Crippen molar-refractivity contribution in [2.45, 2.75) is 13.8 Å². The minimum absolute atomic E-state index is 0.0934. The number of hydrogen-bond donors (Lipinski definition) is 3. The fourth-order valence-corrected chi connectivity index (χ4v) is 4.46. The maximum Gasteiger partial charge on any atom is 0.251 e. The number of aromatic nitrogens is 3. The van der Waals surface area contributed by atoms with Crippen molar-refractivity contribution in [2.24, 2.45) is 0 Å². The highest BCUT2D eigenvalue weighted by atomic mass is 16.5. The Morgan fingerprint density at radius 3 is 2.66 bits per heavy atom. The molecular weight excluding hydrogens is 484 g/mol. The lowest BCUT2D eigenvalue weighted by Gasteiger charge is -2.26. The second kappa shape index (κ2) is 11.5. The van der Waals surface area contributed by atoms with E-state index in [9.17, 15) is 9.90 Å². The van der Waals surface area contributed by atoms with Gasteiger partial charge in [0.15, 0.2) is 5.65 Å². The van der Waals surface area contributed by atoms with Crippen molar-refractivity contribution in [2.75, 3.05) is 51.3 Å². The van der Waals surface area contributed by atoms with Gasteiger partial charge in [-0.3, -0.25) is 9.69 Å². The number of benzene rings is 2. The summed E-state index contributed by atoms with van der Waals surface area (Å²) in [5.74, 6) is 1.00. The molecule has 3 heterocycles. The number of carbonyl (C=O) groups is 1. The van der Waals surface area contributed by atoms with E-state index in [2.05, 4.69) is 20.5 Å². The van der Waals surface area contributed by atoms with Gasteiger partial charge in [0.2, 0.25) is 5.88 Å². The zero-order chi connectivity index (χ0) is 26.5. The number of rotatable bonds is 9. The van der Waals surface area contributed by atoms with Crippen molar-refractivity contribution in [3.63, 3.8) is 0 Å². The van der Waals surface area contributed by atoms with Crippen LogP contribution in [0.15, 0.2) is 54.7 Å². The Morgan fingerprint density at radius 1 is 1.13 bits per heavy atom. The van der Waals surface area contributed by atoms with E-state index >= 15 is 0 Å². The van der Waals surface area contributed by atoms with E-state index in [0.29, 0.717) is 29.4 Å². The van der Waals surface area contributed by atoms with E-state index < -0.39 is 0 Å². The average molecular weight is 517 g/mol. The van der Waals surface area contributed by atoms with Crippen molar-refractivity contribution in [1.29, 1.82) is 0 Å². The van der Waals surface area contributed by atoms with Crippen LogP contribution in [0.3, 0.4) is 0 Å². The number of fused-ring (bicyclic) bond motifs is 1. The predicted octanol–water partition coefficient (Wildman–Crippen LogP) is 3.70. The third kappa shape index (κ3) is 5.71. The molecular formula is C28H32N6O4. The third-order valence-corrected chi connectivity index (χ3v) is 6.46. The summed E-state index contributed by atoms with van der Waals surface area (Å²) in [6, 6.07) is 14.0. The highest BCUT2D eigenvalue weighted by Gasteiger charge is 2.17. The second-order valence-corrected chi connectivity index (χ2v) is 9.14. The second-order valence-electron chi connectivity index (χ2n) is 9.14. The summed E-state index contributed by atoms with van der Waals surface area (Å²) >= 11 is 0. The molecule has 10 heteroatoms. The van der Waals surface area contributed by atoms with Crippen molar-refractivity contribution >= 4 is 17.2 Å². The Balaban J connectivity index is 1.47. The molecule has 198 valence electrons. The molecule has 2 aromatic heterocycles. The van der Waals surface area contributed by atoms with Gasteiger partial charge in [0.1, 0.15) is 11.5 Å². The topological polar surface area (TPSA) is 113 Å². The molecule has 1 aliphatic heterocycles. The van der Waals surface area contributed by atoms with Gasteiger partial charge in [-0.15, -0.1) is 5.10 Å². The molecule has 0 spiro atoms. The fourth-order valence-electron chi connectivity index (χ4n) is 4.46. The van der Waals surface area contributed by atoms with Crippen LogP contribution in [-0.2, 0) is 4.74 Å². The molecule has 0 saturated carbocycles. The van der Waals surface area contributed by atoms with Gasteiger partial charge in [-0.25, -0.2) is 9.50 Å². The number of aromatic hydroxyl groups is 1. The summed E-state index contributed by atoms with van der Waals surface area (Å²) in [7, 11) is 0. The lowest BCUT2D eigenvalue weighted by Crippen LogP contribution is -2.39. The normalized spacial score (nSPS) is 13.9. The molecule has 5 rings (SSSR count). The summed E-state index contributed by atoms with van der Waals surface area (Å²) in [6.07, 6.45) is 1.78. The molecule has 2 aromatic carbocycles. The Morgan fingerprint density at radius 2 is 1.92 bits per heavy atom. The van der Waals surface area contributed by atoms with Gasteiger partial charge >= 0.3 is 0 Å². The summed E-state index contributed by atoms with van der Waals surface area (Å²) < 4.78 is 13.3. The van der Waals surface area contributed by atoms with Gasteiger partial charge in [-0.2, -0.15) is 0 Å². The van der Waals surface area contributed by atoms with E-state index in [1.165, 1.54) is 0 Å². The molecule has 0 radical (unpaired) electrons. The first-order valence-corrected chi connectivity index (χ1v) is 12.8. The number of ether oxygens (including phenoxy) is 2. The number of hydrogen-bond acceptors (Lipinski definition) is 8. The minimum Gasteiger partial charge on any atom is -0.508 e. The van der Waals surface area contributed by atoms with Crippen LogP contribution in [-0.4, -0.2) is 76.4 Å². The summed E-state index contributed by atoms with van der Waals surface area (Å²) in [4.78, 5) is 19.4.